The molecule has 1 N–H and O–H groups in total. The van der Waals surface area contributed by atoms with Crippen molar-refractivity contribution in [3.8, 4) is 0 Å². The van der Waals surface area contributed by atoms with Gasteiger partial charge >= 0.3 is 5.97 Å². The van der Waals surface area contributed by atoms with Crippen molar-refractivity contribution in [2.75, 3.05) is 0 Å². The van der Waals surface area contributed by atoms with Gasteiger partial charge in [0.05, 0.1) is 12.1 Å². The van der Waals surface area contributed by atoms with Crippen LogP contribution in [-0.4, -0.2) is 20.9 Å². The van der Waals surface area contributed by atoms with Crippen molar-refractivity contribution < 1.29 is 9.90 Å². The van der Waals surface area contributed by atoms with E-state index in [0.717, 1.165) is 5.56 Å². The molecule has 72 valence electrons. The summed E-state index contributed by atoms with van der Waals surface area (Å²) in [7, 11) is 1.78. The van der Waals surface area contributed by atoms with Gasteiger partial charge in [-0.1, -0.05) is 13.8 Å². The minimum Gasteiger partial charge on any atom is -0.481 e. The van der Waals surface area contributed by atoms with Gasteiger partial charge in [-0.2, -0.15) is 5.10 Å². The molecule has 0 bridgehead atoms. The molecule has 0 radical (unpaired) electrons. The average Bonchev–Trinajstić information content (AvgIpc) is 2.34. The number of aryl methyl sites for hydroxylation is 1. The molecule has 0 aliphatic carbocycles. The lowest BCUT2D eigenvalue weighted by molar-refractivity contribution is -0.139. The quantitative estimate of drug-likeness (QED) is 0.765. The Balaban J connectivity index is 2.95. The van der Waals surface area contributed by atoms with Gasteiger partial charge in [0.25, 0.3) is 0 Å². The fraction of sp³-hybridized carbons (Fsp3) is 0.556. The van der Waals surface area contributed by atoms with Crippen molar-refractivity contribution >= 4 is 5.97 Å². The molecule has 1 rings (SSSR count). The summed E-state index contributed by atoms with van der Waals surface area (Å²) in [5, 5.41) is 12.9. The third-order valence-corrected chi connectivity index (χ3v) is 2.02. The van der Waals surface area contributed by atoms with Crippen molar-refractivity contribution in [1.82, 2.24) is 9.78 Å². The molecule has 1 aromatic rings. The van der Waals surface area contributed by atoms with Gasteiger partial charge in [-0.05, 0) is 5.92 Å². The van der Waals surface area contributed by atoms with Crippen LogP contribution in [0.2, 0.25) is 0 Å². The number of carboxylic acids is 1. The third kappa shape index (κ3) is 2.08. The molecule has 0 saturated heterocycles. The van der Waals surface area contributed by atoms with Gasteiger partial charge in [-0.15, -0.1) is 0 Å². The highest BCUT2D eigenvalue weighted by Crippen LogP contribution is 2.23. The smallest absolute Gasteiger partial charge is 0.311 e. The van der Waals surface area contributed by atoms with Crippen molar-refractivity contribution in [3.05, 3.63) is 18.0 Å². The minimum absolute atomic E-state index is 0.0849. The summed E-state index contributed by atoms with van der Waals surface area (Å²) in [5.74, 6) is -1.15. The number of rotatable bonds is 3. The zero-order chi connectivity index (χ0) is 10.0. The Bertz CT molecular complexity index is 304. The molecule has 1 atom stereocenters. The normalized spacial score (nSPS) is 13.2. The number of aromatic nitrogens is 2. The maximum atomic E-state index is 10.9. The predicted octanol–water partition coefficient (Wildman–Crippen LogP) is 1.24. The number of hydrogen-bond acceptors (Lipinski definition) is 2. The molecule has 0 spiro atoms. The van der Waals surface area contributed by atoms with Gasteiger partial charge < -0.3 is 5.11 Å². The molecule has 0 saturated carbocycles. The first-order valence-electron chi connectivity index (χ1n) is 4.23. The second kappa shape index (κ2) is 3.60. The molecule has 0 fully saturated rings. The number of carbonyl (C=O) groups is 1. The Hall–Kier alpha value is -1.32. The summed E-state index contributed by atoms with van der Waals surface area (Å²) < 4.78 is 1.62. The molecule has 4 nitrogen and oxygen atoms in total. The number of nitrogens with zero attached hydrogens (tertiary/aromatic N) is 2. The second-order valence-electron chi connectivity index (χ2n) is 3.51. The van der Waals surface area contributed by atoms with Gasteiger partial charge in [0.2, 0.25) is 0 Å². The molecule has 4 heteroatoms. The predicted molar refractivity (Wildman–Crippen MR) is 48.4 cm³/mol. The van der Waals surface area contributed by atoms with Crippen LogP contribution in [0, 0.1) is 5.92 Å². The van der Waals surface area contributed by atoms with E-state index in [9.17, 15) is 4.79 Å². The number of hydrogen-bond donors (Lipinski definition) is 1. The van der Waals surface area contributed by atoms with Crippen LogP contribution < -0.4 is 0 Å². The van der Waals surface area contributed by atoms with E-state index in [1.807, 2.05) is 13.8 Å². The zero-order valence-corrected chi connectivity index (χ0v) is 8.06. The van der Waals surface area contributed by atoms with Crippen LogP contribution >= 0.6 is 0 Å². The van der Waals surface area contributed by atoms with Crippen molar-refractivity contribution in [2.45, 2.75) is 19.8 Å². The maximum Gasteiger partial charge on any atom is 0.311 e. The molecule has 13 heavy (non-hydrogen) atoms. The first-order valence-corrected chi connectivity index (χ1v) is 4.23. The minimum atomic E-state index is -0.789. The summed E-state index contributed by atoms with van der Waals surface area (Å²) in [6.45, 7) is 3.79. The van der Waals surface area contributed by atoms with Gasteiger partial charge in [-0.3, -0.25) is 9.48 Å². The Morgan fingerprint density at radius 1 is 1.62 bits per heavy atom. The molecule has 1 aromatic heterocycles. The molecule has 1 unspecified atom stereocenters. The number of aliphatic carboxylic acids is 1. The lowest BCUT2D eigenvalue weighted by Crippen LogP contribution is -2.16. The molecule has 0 aliphatic rings. The van der Waals surface area contributed by atoms with Crippen molar-refractivity contribution in [3.63, 3.8) is 0 Å². The van der Waals surface area contributed by atoms with E-state index in [0.29, 0.717) is 0 Å². The fourth-order valence-corrected chi connectivity index (χ4v) is 1.41. The van der Waals surface area contributed by atoms with Gasteiger partial charge in [0.15, 0.2) is 0 Å². The van der Waals surface area contributed by atoms with Crippen molar-refractivity contribution in [2.24, 2.45) is 13.0 Å². The number of carboxylic acid groups (broad SMARTS) is 1. The molecular weight excluding hydrogens is 168 g/mol. The standard InChI is InChI=1S/C9H14N2O2/c1-6(2)8(9(12)13)7-4-10-11(3)5-7/h4-6,8H,1-3H3,(H,12,13). The van der Waals surface area contributed by atoms with E-state index in [1.54, 1.807) is 24.1 Å². The highest BCUT2D eigenvalue weighted by molar-refractivity contribution is 5.76. The summed E-state index contributed by atoms with van der Waals surface area (Å²) in [4.78, 5) is 10.9. The monoisotopic (exact) mass is 182 g/mol. The van der Waals surface area contributed by atoms with E-state index in [2.05, 4.69) is 5.10 Å². The van der Waals surface area contributed by atoms with E-state index < -0.39 is 11.9 Å². The van der Waals surface area contributed by atoms with Crippen LogP contribution in [0.3, 0.4) is 0 Å². The maximum absolute atomic E-state index is 10.9. The summed E-state index contributed by atoms with van der Waals surface area (Å²) >= 11 is 0. The Kier molecular flexibility index (Phi) is 2.70. The highest BCUT2D eigenvalue weighted by atomic mass is 16.4. The zero-order valence-electron chi connectivity index (χ0n) is 8.06. The topological polar surface area (TPSA) is 55.1 Å². The molecule has 1 heterocycles. The van der Waals surface area contributed by atoms with Gasteiger partial charge in [0, 0.05) is 18.8 Å². The second-order valence-corrected chi connectivity index (χ2v) is 3.51. The Labute approximate surface area is 77.2 Å². The fourth-order valence-electron chi connectivity index (χ4n) is 1.41. The van der Waals surface area contributed by atoms with E-state index >= 15 is 0 Å². The molecule has 0 aromatic carbocycles. The lowest BCUT2D eigenvalue weighted by Gasteiger charge is -2.13. The first kappa shape index (κ1) is 9.77. The molecule has 0 aliphatic heterocycles. The molecular formula is C9H14N2O2. The van der Waals surface area contributed by atoms with Crippen LogP contribution in [0.15, 0.2) is 12.4 Å². The van der Waals surface area contributed by atoms with E-state index in [1.165, 1.54) is 0 Å². The van der Waals surface area contributed by atoms with Crippen LogP contribution in [0.4, 0.5) is 0 Å². The SMILES string of the molecule is CC(C)C(C(=O)O)c1cnn(C)c1. The lowest BCUT2D eigenvalue weighted by atomic mass is 9.91. The first-order chi connectivity index (χ1) is 6.02. The molecule has 0 amide bonds. The highest BCUT2D eigenvalue weighted by Gasteiger charge is 2.24. The van der Waals surface area contributed by atoms with Crippen molar-refractivity contribution in [1.29, 1.82) is 0 Å². The van der Waals surface area contributed by atoms with E-state index in [4.69, 9.17) is 5.11 Å². The summed E-state index contributed by atoms with van der Waals surface area (Å²) in [6.07, 6.45) is 3.36. The van der Waals surface area contributed by atoms with Gasteiger partial charge in [0.1, 0.15) is 0 Å². The third-order valence-electron chi connectivity index (χ3n) is 2.02. The Morgan fingerprint density at radius 3 is 2.54 bits per heavy atom. The Morgan fingerprint density at radius 2 is 2.23 bits per heavy atom. The van der Waals surface area contributed by atoms with Gasteiger partial charge in [-0.25, -0.2) is 0 Å². The summed E-state index contributed by atoms with van der Waals surface area (Å²) in [5.41, 5.74) is 0.769. The summed E-state index contributed by atoms with van der Waals surface area (Å²) in [6, 6.07) is 0. The van der Waals surface area contributed by atoms with Crippen LogP contribution in [-0.2, 0) is 11.8 Å². The van der Waals surface area contributed by atoms with Crippen LogP contribution in [0.1, 0.15) is 25.3 Å². The van der Waals surface area contributed by atoms with Crippen LogP contribution in [0.5, 0.6) is 0 Å². The van der Waals surface area contributed by atoms with Crippen LogP contribution in [0.25, 0.3) is 0 Å². The average molecular weight is 182 g/mol. The largest absolute Gasteiger partial charge is 0.481 e. The van der Waals surface area contributed by atoms with E-state index in [-0.39, 0.29) is 5.92 Å².